The maximum absolute atomic E-state index is 5.03. The van der Waals surface area contributed by atoms with Crippen LogP contribution in [0.5, 0.6) is 10.8 Å². The van der Waals surface area contributed by atoms with Crippen molar-refractivity contribution in [2.75, 3.05) is 7.11 Å². The van der Waals surface area contributed by atoms with Crippen LogP contribution in [0.2, 0.25) is 0 Å². The Bertz CT molecular complexity index is 168. The Morgan fingerprint density at radius 2 is 2.44 bits per heavy atom. The Kier molecular flexibility index (Phi) is 2.74. The van der Waals surface area contributed by atoms with Crippen molar-refractivity contribution >= 4 is 11.3 Å². The number of thiophene rings is 1. The zero-order valence-corrected chi connectivity index (χ0v) is 8.15. The van der Waals surface area contributed by atoms with E-state index in [0.29, 0.717) is 0 Å². The fraction of sp³-hybridized carbons (Fsp3) is 0.200. The van der Waals surface area contributed by atoms with Crippen molar-refractivity contribution in [1.29, 1.82) is 0 Å². The van der Waals surface area contributed by atoms with Gasteiger partial charge in [-0.05, 0) is 0 Å². The molecule has 0 saturated heterocycles. The molecule has 0 N–H and O–H groups in total. The molecule has 0 spiro atoms. The average Bonchev–Trinajstić information content (AvgIpc) is 2.34. The topological polar surface area (TPSA) is 18.5 Å². The molecule has 1 aromatic rings. The van der Waals surface area contributed by atoms with Crippen LogP contribution in [0.25, 0.3) is 0 Å². The zero-order valence-electron chi connectivity index (χ0n) is 4.88. The van der Waals surface area contributed by atoms with Crippen molar-refractivity contribution in [3.8, 4) is 10.8 Å². The summed E-state index contributed by atoms with van der Waals surface area (Å²) in [6, 6.07) is 1.87. The summed E-state index contributed by atoms with van der Waals surface area (Å²) in [6.07, 6.45) is 0. The van der Waals surface area contributed by atoms with Crippen LogP contribution in [0.1, 0.15) is 0 Å². The molecule has 1 heterocycles. The zero-order chi connectivity index (χ0) is 6.69. The van der Waals surface area contributed by atoms with E-state index < -0.39 is 0 Å². The van der Waals surface area contributed by atoms with Crippen LogP contribution >= 0.6 is 11.3 Å². The third-order valence-corrected chi connectivity index (χ3v) is 2.58. The normalized spacial score (nSPS) is 8.89. The molecule has 2 nitrogen and oxygen atoms in total. The number of hydrogen-bond donors (Lipinski definition) is 0. The van der Waals surface area contributed by atoms with E-state index in [2.05, 4.69) is 0 Å². The fourth-order valence-corrected chi connectivity index (χ4v) is 1.59. The Labute approximate surface area is 73.3 Å². The molecule has 0 atom stereocenters. The van der Waals surface area contributed by atoms with Crippen molar-refractivity contribution < 1.29 is 32.7 Å². The van der Waals surface area contributed by atoms with Gasteiger partial charge in [0.25, 0.3) is 0 Å². The molecule has 0 aliphatic rings. The quantitative estimate of drug-likeness (QED) is 0.754. The molecule has 0 bridgehead atoms. The van der Waals surface area contributed by atoms with Crippen molar-refractivity contribution in [3.63, 3.8) is 0 Å². The average molecular weight is 220 g/mol. The summed E-state index contributed by atoms with van der Waals surface area (Å²) in [5.41, 5.74) is 0. The molecule has 0 unspecified atom stereocenters. The molecule has 0 fully saturated rings. The summed E-state index contributed by atoms with van der Waals surface area (Å²) in [6.45, 7) is 0. The predicted molar refractivity (Wildman–Crippen MR) is 31.5 cm³/mol. The Morgan fingerprint density at radius 1 is 1.67 bits per heavy atom. The first-order valence-corrected chi connectivity index (χ1v) is 4.21. The molecule has 0 saturated carbocycles. The van der Waals surface area contributed by atoms with Gasteiger partial charge in [0.1, 0.15) is 0 Å². The standard InChI is InChI=1S/C5H6O2S.Zr/c1-7-4-2-5(6)8-3-4;/h2-3,6H,1H3;/q;+1/p-1. The van der Waals surface area contributed by atoms with E-state index in [-0.39, 0.29) is 0 Å². The van der Waals surface area contributed by atoms with E-state index in [4.69, 9.17) is 7.55 Å². The molecule has 0 aromatic carbocycles. The van der Waals surface area contributed by atoms with Crippen LogP contribution in [0.3, 0.4) is 0 Å². The van der Waals surface area contributed by atoms with Crippen LogP contribution in [-0.4, -0.2) is 7.11 Å². The van der Waals surface area contributed by atoms with Gasteiger partial charge in [-0.15, -0.1) is 0 Å². The maximum atomic E-state index is 5.03. The number of methoxy groups -OCH3 is 1. The molecule has 9 heavy (non-hydrogen) atoms. The monoisotopic (exact) mass is 219 g/mol. The predicted octanol–water partition coefficient (Wildman–Crippen LogP) is 1.60. The second-order valence-corrected chi connectivity index (χ2v) is 2.78. The van der Waals surface area contributed by atoms with Crippen LogP contribution in [0, 0.1) is 0 Å². The fourth-order valence-electron chi connectivity index (χ4n) is 0.461. The second kappa shape index (κ2) is 3.38. The summed E-state index contributed by atoms with van der Waals surface area (Å²) in [7, 11) is 1.65. The molecular formula is C5H5O2SZr. The van der Waals surface area contributed by atoms with E-state index >= 15 is 0 Å². The van der Waals surface area contributed by atoms with Crippen molar-refractivity contribution in [3.05, 3.63) is 11.4 Å². The first-order chi connectivity index (χ1) is 4.36. The summed E-state index contributed by atoms with van der Waals surface area (Å²) in [5.74, 6) is 0.873. The number of ether oxygens (including phenoxy) is 1. The van der Waals surface area contributed by atoms with Gasteiger partial charge in [-0.3, -0.25) is 0 Å². The van der Waals surface area contributed by atoms with Gasteiger partial charge in [0, 0.05) is 0 Å². The van der Waals surface area contributed by atoms with Gasteiger partial charge in [0.2, 0.25) is 0 Å². The SMILES string of the molecule is COc1csc([O][Zr])c1. The Hall–Kier alpha value is 0.183. The first kappa shape index (κ1) is 7.29. The Balaban J connectivity index is 2.74. The van der Waals surface area contributed by atoms with Crippen molar-refractivity contribution in [2.24, 2.45) is 0 Å². The molecule has 4 heteroatoms. The van der Waals surface area contributed by atoms with Gasteiger partial charge in [-0.25, -0.2) is 0 Å². The van der Waals surface area contributed by atoms with Crippen LogP contribution in [-0.2, 0) is 25.2 Å². The van der Waals surface area contributed by atoms with Crippen LogP contribution < -0.4 is 7.55 Å². The number of rotatable bonds is 2. The molecule has 0 aliphatic heterocycles. The molecule has 47 valence electrons. The van der Waals surface area contributed by atoms with E-state index in [1.54, 1.807) is 18.4 Å². The van der Waals surface area contributed by atoms with Gasteiger partial charge in [-0.1, -0.05) is 0 Å². The van der Waals surface area contributed by atoms with E-state index in [1.165, 1.54) is 0 Å². The molecule has 0 aliphatic carbocycles. The molecule has 1 rings (SSSR count). The minimum atomic E-state index is 0.873. The summed E-state index contributed by atoms with van der Waals surface area (Å²) >= 11 is 2.61. The third-order valence-electron chi connectivity index (χ3n) is 0.888. The van der Waals surface area contributed by atoms with Gasteiger partial charge >= 0.3 is 73.4 Å². The third kappa shape index (κ3) is 1.80. The summed E-state index contributed by atoms with van der Waals surface area (Å²) < 4.78 is 9.96. The van der Waals surface area contributed by atoms with E-state index in [9.17, 15) is 0 Å². The van der Waals surface area contributed by atoms with Gasteiger partial charge < -0.3 is 0 Å². The van der Waals surface area contributed by atoms with Gasteiger partial charge in [0.05, 0.1) is 0 Å². The Morgan fingerprint density at radius 3 is 2.78 bits per heavy atom. The second-order valence-electron chi connectivity index (χ2n) is 1.41. The van der Waals surface area contributed by atoms with Gasteiger partial charge in [0.15, 0.2) is 0 Å². The molecule has 0 radical (unpaired) electrons. The van der Waals surface area contributed by atoms with Crippen LogP contribution in [0.15, 0.2) is 11.4 Å². The summed E-state index contributed by atoms with van der Waals surface area (Å²) in [4.78, 5) is 0. The molecule has 0 amide bonds. The molecule has 1 aromatic heterocycles. The van der Waals surface area contributed by atoms with Gasteiger partial charge in [-0.2, -0.15) is 0 Å². The first-order valence-electron chi connectivity index (χ1n) is 2.33. The van der Waals surface area contributed by atoms with E-state index in [0.717, 1.165) is 36.0 Å². The summed E-state index contributed by atoms with van der Waals surface area (Å²) in [5, 5.41) is 2.84. The van der Waals surface area contributed by atoms with Crippen molar-refractivity contribution in [1.82, 2.24) is 0 Å². The van der Waals surface area contributed by atoms with E-state index in [1.807, 2.05) is 11.4 Å². The van der Waals surface area contributed by atoms with Crippen LogP contribution in [0.4, 0.5) is 0 Å². The number of hydrogen-bond acceptors (Lipinski definition) is 3. The van der Waals surface area contributed by atoms with Crippen molar-refractivity contribution in [2.45, 2.75) is 0 Å². The minimum absolute atomic E-state index is 0.873. The molecular weight excluding hydrogens is 215 g/mol.